The van der Waals surface area contributed by atoms with Gasteiger partial charge in [-0.05, 0) is 25.7 Å². The molecule has 1 aromatic heterocycles. The van der Waals surface area contributed by atoms with Crippen LogP contribution in [0, 0.1) is 12.3 Å². The van der Waals surface area contributed by atoms with E-state index in [2.05, 4.69) is 21.2 Å². The third kappa shape index (κ3) is 2.86. The summed E-state index contributed by atoms with van der Waals surface area (Å²) >= 11 is 0. The van der Waals surface area contributed by atoms with Gasteiger partial charge in [-0.1, -0.05) is 5.92 Å². The molecule has 2 rings (SSSR count). The fourth-order valence-corrected chi connectivity index (χ4v) is 2.10. The first-order chi connectivity index (χ1) is 8.19. The highest BCUT2D eigenvalue weighted by Gasteiger charge is 2.21. The molecule has 0 unspecified atom stereocenters. The molecule has 0 spiro atoms. The van der Waals surface area contributed by atoms with Gasteiger partial charge in [0, 0.05) is 6.04 Å². The molecule has 0 aliphatic heterocycles. The number of aliphatic hydroxyl groups is 1. The molecule has 1 aromatic rings. The average Bonchev–Trinajstić information content (AvgIpc) is 2.29. The maximum Gasteiger partial charge on any atom is 0.222 e. The zero-order valence-corrected chi connectivity index (χ0v) is 9.56. The summed E-state index contributed by atoms with van der Waals surface area (Å²) in [5.41, 5.74) is 6.13. The predicted molar refractivity (Wildman–Crippen MR) is 66.3 cm³/mol. The lowest BCUT2D eigenvalue weighted by molar-refractivity contribution is 0.124. The normalized spacial score (nSPS) is 24.0. The molecule has 0 radical (unpaired) electrons. The minimum Gasteiger partial charge on any atom is -0.393 e. The van der Waals surface area contributed by atoms with Gasteiger partial charge in [0.25, 0.3) is 0 Å². The number of hydrogen-bond acceptors (Lipinski definition) is 5. The Bertz CT molecular complexity index is 441. The van der Waals surface area contributed by atoms with Crippen molar-refractivity contribution in [1.29, 1.82) is 0 Å². The van der Waals surface area contributed by atoms with Gasteiger partial charge in [-0.2, -0.15) is 4.98 Å². The first kappa shape index (κ1) is 11.7. The molecule has 0 bridgehead atoms. The molecular formula is C12H16N4O. The van der Waals surface area contributed by atoms with Gasteiger partial charge >= 0.3 is 0 Å². The van der Waals surface area contributed by atoms with Gasteiger partial charge in [-0.3, -0.25) is 0 Å². The highest BCUT2D eigenvalue weighted by atomic mass is 16.3. The zero-order chi connectivity index (χ0) is 12.3. The lowest BCUT2D eigenvalue weighted by atomic mass is 9.93. The number of anilines is 2. The fourth-order valence-electron chi connectivity index (χ4n) is 2.10. The predicted octanol–water partition coefficient (Wildman–Crippen LogP) is 0.755. The van der Waals surface area contributed by atoms with Crippen LogP contribution in [-0.2, 0) is 0 Å². The summed E-state index contributed by atoms with van der Waals surface area (Å²) in [6.07, 6.45) is 10.3. The molecule has 5 nitrogen and oxygen atoms in total. The molecule has 0 amide bonds. The molecule has 1 aliphatic rings. The van der Waals surface area contributed by atoms with Crippen molar-refractivity contribution in [2.45, 2.75) is 37.8 Å². The van der Waals surface area contributed by atoms with Crippen LogP contribution in [0.25, 0.3) is 0 Å². The molecule has 2 atom stereocenters. The van der Waals surface area contributed by atoms with E-state index in [0.717, 1.165) is 19.3 Å². The Kier molecular flexibility index (Phi) is 3.45. The Balaban J connectivity index is 2.12. The lowest BCUT2D eigenvalue weighted by Gasteiger charge is -2.27. The quantitative estimate of drug-likeness (QED) is 0.655. The van der Waals surface area contributed by atoms with Crippen molar-refractivity contribution in [2.24, 2.45) is 0 Å². The second kappa shape index (κ2) is 5.02. The van der Waals surface area contributed by atoms with Crippen molar-refractivity contribution < 1.29 is 5.11 Å². The Morgan fingerprint density at radius 2 is 2.35 bits per heavy atom. The van der Waals surface area contributed by atoms with Crippen molar-refractivity contribution in [2.75, 3.05) is 11.1 Å². The number of aromatic nitrogens is 2. The molecule has 17 heavy (non-hydrogen) atoms. The van der Waals surface area contributed by atoms with Crippen LogP contribution in [0.15, 0.2) is 6.20 Å². The van der Waals surface area contributed by atoms with E-state index in [1.54, 1.807) is 0 Å². The summed E-state index contributed by atoms with van der Waals surface area (Å²) in [7, 11) is 0. The summed E-state index contributed by atoms with van der Waals surface area (Å²) < 4.78 is 0. The molecule has 1 saturated carbocycles. The molecule has 0 aromatic carbocycles. The van der Waals surface area contributed by atoms with E-state index in [1.165, 1.54) is 6.20 Å². The number of nitrogens with two attached hydrogens (primary N) is 1. The lowest BCUT2D eigenvalue weighted by Crippen LogP contribution is -2.30. The molecule has 90 valence electrons. The molecule has 1 fully saturated rings. The Hall–Kier alpha value is -1.80. The van der Waals surface area contributed by atoms with Crippen LogP contribution in [0.1, 0.15) is 31.2 Å². The number of hydrogen-bond donors (Lipinski definition) is 3. The molecule has 1 aliphatic carbocycles. The third-order valence-electron chi connectivity index (χ3n) is 2.95. The van der Waals surface area contributed by atoms with Crippen LogP contribution in [0.4, 0.5) is 11.8 Å². The Morgan fingerprint density at radius 3 is 3.06 bits per heavy atom. The highest BCUT2D eigenvalue weighted by molar-refractivity contribution is 5.54. The number of nitrogens with zero attached hydrogens (tertiary/aromatic N) is 2. The number of nitrogen functional groups attached to an aromatic ring is 1. The maximum absolute atomic E-state index is 9.60. The third-order valence-corrected chi connectivity index (χ3v) is 2.95. The van der Waals surface area contributed by atoms with Gasteiger partial charge < -0.3 is 16.2 Å². The topological polar surface area (TPSA) is 84.1 Å². The number of rotatable bonds is 2. The largest absolute Gasteiger partial charge is 0.393 e. The summed E-state index contributed by atoms with van der Waals surface area (Å²) in [5, 5.41) is 12.8. The zero-order valence-electron chi connectivity index (χ0n) is 9.56. The average molecular weight is 232 g/mol. The number of nitrogens with one attached hydrogen (secondary N) is 1. The molecule has 1 heterocycles. The number of aliphatic hydroxyl groups excluding tert-OH is 1. The summed E-state index contributed by atoms with van der Waals surface area (Å²) in [5.74, 6) is 3.30. The number of terminal acetylenes is 1. The van der Waals surface area contributed by atoms with Crippen molar-refractivity contribution >= 4 is 11.8 Å². The fraction of sp³-hybridized carbons (Fsp3) is 0.500. The smallest absolute Gasteiger partial charge is 0.222 e. The molecular weight excluding hydrogens is 216 g/mol. The summed E-state index contributed by atoms with van der Waals surface area (Å²) in [6.45, 7) is 0. The Morgan fingerprint density at radius 1 is 1.53 bits per heavy atom. The van der Waals surface area contributed by atoms with Gasteiger partial charge in [0.15, 0.2) is 0 Å². The van der Waals surface area contributed by atoms with E-state index in [4.69, 9.17) is 12.2 Å². The monoisotopic (exact) mass is 232 g/mol. The second-order valence-corrected chi connectivity index (χ2v) is 4.30. The van der Waals surface area contributed by atoms with Gasteiger partial charge in [-0.25, -0.2) is 4.98 Å². The van der Waals surface area contributed by atoms with E-state index < -0.39 is 0 Å². The van der Waals surface area contributed by atoms with Gasteiger partial charge in [0.1, 0.15) is 5.82 Å². The van der Waals surface area contributed by atoms with E-state index in [0.29, 0.717) is 17.8 Å². The van der Waals surface area contributed by atoms with Crippen molar-refractivity contribution in [1.82, 2.24) is 9.97 Å². The molecule has 4 N–H and O–H groups in total. The molecule has 5 heteroatoms. The summed E-state index contributed by atoms with van der Waals surface area (Å²) in [6, 6.07) is 0.195. The van der Waals surface area contributed by atoms with Crippen molar-refractivity contribution in [3.05, 3.63) is 11.8 Å². The molecule has 0 saturated heterocycles. The minimum absolute atomic E-state index is 0.195. The van der Waals surface area contributed by atoms with Gasteiger partial charge in [0.05, 0.1) is 17.9 Å². The van der Waals surface area contributed by atoms with Crippen LogP contribution in [0.5, 0.6) is 0 Å². The standard InChI is InChI=1S/C12H16N4O/c1-2-8-7-14-12(13)16-11(8)15-9-4-3-5-10(17)6-9/h1,7,9-10,17H,3-6H2,(H3,13,14,15,16)/t9-,10-/m1/s1. The van der Waals surface area contributed by atoms with Crippen LogP contribution in [-0.4, -0.2) is 27.2 Å². The van der Waals surface area contributed by atoms with Crippen LogP contribution < -0.4 is 11.1 Å². The minimum atomic E-state index is -0.241. The van der Waals surface area contributed by atoms with Crippen molar-refractivity contribution in [3.8, 4) is 12.3 Å². The van der Waals surface area contributed by atoms with Crippen LogP contribution in [0.3, 0.4) is 0 Å². The van der Waals surface area contributed by atoms with Crippen LogP contribution in [0.2, 0.25) is 0 Å². The van der Waals surface area contributed by atoms with E-state index >= 15 is 0 Å². The SMILES string of the molecule is C#Cc1cnc(N)nc1N[C@@H]1CCC[C@@H](O)C1. The summed E-state index contributed by atoms with van der Waals surface area (Å²) in [4.78, 5) is 7.95. The van der Waals surface area contributed by atoms with E-state index in [-0.39, 0.29) is 18.1 Å². The van der Waals surface area contributed by atoms with Crippen LogP contribution >= 0.6 is 0 Å². The maximum atomic E-state index is 9.60. The second-order valence-electron chi connectivity index (χ2n) is 4.30. The first-order valence-corrected chi connectivity index (χ1v) is 5.72. The van der Waals surface area contributed by atoms with Gasteiger partial charge in [-0.15, -0.1) is 6.42 Å². The highest BCUT2D eigenvalue weighted by Crippen LogP contribution is 2.22. The first-order valence-electron chi connectivity index (χ1n) is 5.72. The van der Waals surface area contributed by atoms with Gasteiger partial charge in [0.2, 0.25) is 5.95 Å². The Labute approximate surface area is 100 Å². The van der Waals surface area contributed by atoms with Crippen molar-refractivity contribution in [3.63, 3.8) is 0 Å². The van der Waals surface area contributed by atoms with E-state index in [9.17, 15) is 5.11 Å². The van der Waals surface area contributed by atoms with E-state index in [1.807, 2.05) is 0 Å².